The van der Waals surface area contributed by atoms with Crippen LogP contribution >= 0.6 is 0 Å². The molecule has 2 heteroatoms. The molecule has 1 aromatic heterocycles. The Morgan fingerprint density at radius 3 is 2.36 bits per heavy atom. The van der Waals surface area contributed by atoms with E-state index in [2.05, 4.69) is 17.1 Å². The van der Waals surface area contributed by atoms with E-state index >= 15 is 0 Å². The number of carbonyl (C=O) groups excluding carboxylic acids is 1. The van der Waals surface area contributed by atoms with Gasteiger partial charge in [-0.1, -0.05) is 48.5 Å². The van der Waals surface area contributed by atoms with Gasteiger partial charge in [0.2, 0.25) is 0 Å². The molecule has 0 saturated carbocycles. The zero-order chi connectivity index (χ0) is 14.9. The molecule has 22 heavy (non-hydrogen) atoms. The highest BCUT2D eigenvalue weighted by molar-refractivity contribution is 6.10. The molecule has 1 N–H and O–H groups in total. The fourth-order valence-corrected chi connectivity index (χ4v) is 2.90. The number of aromatic nitrogens is 1. The standard InChI is InChI=1S/C20H15NO/c22-20(12-14-6-2-1-3-7-14)15-10-11-19-17(13-15)16-8-4-5-9-18(16)21-19/h1-11,13,21H,12H2. The van der Waals surface area contributed by atoms with Crippen molar-refractivity contribution in [2.45, 2.75) is 6.42 Å². The van der Waals surface area contributed by atoms with Crippen LogP contribution in [0.15, 0.2) is 72.8 Å². The van der Waals surface area contributed by atoms with Crippen LogP contribution in [0, 0.1) is 0 Å². The van der Waals surface area contributed by atoms with E-state index < -0.39 is 0 Å². The van der Waals surface area contributed by atoms with E-state index in [0.717, 1.165) is 32.9 Å². The van der Waals surface area contributed by atoms with Gasteiger partial charge in [0.1, 0.15) is 0 Å². The van der Waals surface area contributed by atoms with Crippen molar-refractivity contribution >= 4 is 27.6 Å². The van der Waals surface area contributed by atoms with Crippen LogP contribution in [0.4, 0.5) is 0 Å². The number of rotatable bonds is 3. The Morgan fingerprint density at radius 1 is 0.773 bits per heavy atom. The predicted molar refractivity (Wildman–Crippen MR) is 90.3 cm³/mol. The fraction of sp³-hybridized carbons (Fsp3) is 0.0500. The van der Waals surface area contributed by atoms with Gasteiger partial charge in [0.05, 0.1) is 0 Å². The Kier molecular flexibility index (Phi) is 3.01. The average molecular weight is 285 g/mol. The van der Waals surface area contributed by atoms with Crippen molar-refractivity contribution in [3.8, 4) is 0 Å². The summed E-state index contributed by atoms with van der Waals surface area (Å²) < 4.78 is 0. The first-order valence-corrected chi connectivity index (χ1v) is 7.39. The molecule has 3 aromatic carbocycles. The molecule has 1 heterocycles. The minimum atomic E-state index is 0.151. The number of ketones is 1. The summed E-state index contributed by atoms with van der Waals surface area (Å²) in [7, 11) is 0. The number of fused-ring (bicyclic) bond motifs is 3. The van der Waals surface area contributed by atoms with Gasteiger partial charge in [-0.25, -0.2) is 0 Å². The van der Waals surface area contributed by atoms with Crippen LogP contribution in [-0.2, 0) is 6.42 Å². The minimum Gasteiger partial charge on any atom is -0.355 e. The number of H-pyrrole nitrogens is 1. The minimum absolute atomic E-state index is 0.151. The molecule has 0 amide bonds. The molecule has 0 unspecified atom stereocenters. The molecule has 0 bridgehead atoms. The topological polar surface area (TPSA) is 32.9 Å². The molecule has 0 aliphatic carbocycles. The van der Waals surface area contributed by atoms with Gasteiger partial charge >= 0.3 is 0 Å². The maximum atomic E-state index is 12.5. The van der Waals surface area contributed by atoms with Gasteiger partial charge in [0.15, 0.2) is 5.78 Å². The van der Waals surface area contributed by atoms with Gasteiger partial charge in [-0.2, -0.15) is 0 Å². The maximum absolute atomic E-state index is 12.5. The second-order valence-corrected chi connectivity index (χ2v) is 5.52. The summed E-state index contributed by atoms with van der Waals surface area (Å²) in [5.41, 5.74) is 3.98. The first-order chi connectivity index (χ1) is 10.8. The summed E-state index contributed by atoms with van der Waals surface area (Å²) >= 11 is 0. The zero-order valence-corrected chi connectivity index (χ0v) is 12.0. The summed E-state index contributed by atoms with van der Waals surface area (Å²) in [6.07, 6.45) is 0.439. The smallest absolute Gasteiger partial charge is 0.167 e. The number of carbonyl (C=O) groups is 1. The van der Waals surface area contributed by atoms with Gasteiger partial charge in [-0.15, -0.1) is 0 Å². The molecule has 0 aliphatic rings. The first kappa shape index (κ1) is 12.8. The number of benzene rings is 3. The normalized spacial score (nSPS) is 11.1. The second-order valence-electron chi connectivity index (χ2n) is 5.52. The molecule has 4 aromatic rings. The summed E-state index contributed by atoms with van der Waals surface area (Å²) in [6, 6.07) is 23.9. The largest absolute Gasteiger partial charge is 0.355 e. The molecular formula is C20H15NO. The maximum Gasteiger partial charge on any atom is 0.167 e. The monoisotopic (exact) mass is 285 g/mol. The van der Waals surface area contributed by atoms with Gasteiger partial charge in [0, 0.05) is 33.8 Å². The number of para-hydroxylation sites is 1. The van der Waals surface area contributed by atoms with Crippen LogP contribution in [0.3, 0.4) is 0 Å². The molecule has 0 saturated heterocycles. The molecule has 4 rings (SSSR count). The van der Waals surface area contributed by atoms with Crippen molar-refractivity contribution in [3.63, 3.8) is 0 Å². The second kappa shape index (κ2) is 5.15. The summed E-state index contributed by atoms with van der Waals surface area (Å²) in [4.78, 5) is 15.9. The number of hydrogen-bond donors (Lipinski definition) is 1. The first-order valence-electron chi connectivity index (χ1n) is 7.39. The van der Waals surface area contributed by atoms with E-state index in [1.165, 1.54) is 0 Å². The Labute approximate surface area is 128 Å². The average Bonchev–Trinajstić information content (AvgIpc) is 2.93. The highest BCUT2D eigenvalue weighted by atomic mass is 16.1. The molecule has 106 valence electrons. The summed E-state index contributed by atoms with van der Waals surface area (Å²) in [5.74, 6) is 0.151. The van der Waals surface area contributed by atoms with Crippen molar-refractivity contribution in [1.29, 1.82) is 0 Å². The zero-order valence-electron chi connectivity index (χ0n) is 12.0. The van der Waals surface area contributed by atoms with Crippen LogP contribution in [0.2, 0.25) is 0 Å². The van der Waals surface area contributed by atoms with Gasteiger partial charge in [-0.3, -0.25) is 4.79 Å². The van der Waals surface area contributed by atoms with Crippen LogP contribution in [-0.4, -0.2) is 10.8 Å². The van der Waals surface area contributed by atoms with E-state index in [1.807, 2.05) is 60.7 Å². The lowest BCUT2D eigenvalue weighted by atomic mass is 10.0. The molecule has 0 aliphatic heterocycles. The molecule has 0 radical (unpaired) electrons. The predicted octanol–water partition coefficient (Wildman–Crippen LogP) is 4.75. The highest BCUT2D eigenvalue weighted by Gasteiger charge is 2.10. The van der Waals surface area contributed by atoms with E-state index in [4.69, 9.17) is 0 Å². The SMILES string of the molecule is O=C(Cc1ccccc1)c1ccc2[nH]c3ccccc3c2c1. The van der Waals surface area contributed by atoms with Gasteiger partial charge in [0.25, 0.3) is 0 Å². The third kappa shape index (κ3) is 2.19. The van der Waals surface area contributed by atoms with Crippen LogP contribution in [0.1, 0.15) is 15.9 Å². The van der Waals surface area contributed by atoms with Crippen molar-refractivity contribution in [2.75, 3.05) is 0 Å². The number of hydrogen-bond acceptors (Lipinski definition) is 1. The third-order valence-corrected chi connectivity index (χ3v) is 4.04. The lowest BCUT2D eigenvalue weighted by molar-refractivity contribution is 0.0993. The fourth-order valence-electron chi connectivity index (χ4n) is 2.90. The van der Waals surface area contributed by atoms with Crippen LogP contribution < -0.4 is 0 Å². The van der Waals surface area contributed by atoms with E-state index in [9.17, 15) is 4.79 Å². The Bertz CT molecular complexity index is 967. The lowest BCUT2D eigenvalue weighted by Gasteiger charge is -2.02. The molecule has 0 spiro atoms. The summed E-state index contributed by atoms with van der Waals surface area (Å²) in [6.45, 7) is 0. The quantitative estimate of drug-likeness (QED) is 0.541. The highest BCUT2D eigenvalue weighted by Crippen LogP contribution is 2.26. The van der Waals surface area contributed by atoms with Gasteiger partial charge < -0.3 is 4.98 Å². The number of nitrogens with one attached hydrogen (secondary N) is 1. The lowest BCUT2D eigenvalue weighted by Crippen LogP contribution is -2.03. The van der Waals surface area contributed by atoms with E-state index in [1.54, 1.807) is 0 Å². The Morgan fingerprint density at radius 2 is 1.50 bits per heavy atom. The summed E-state index contributed by atoms with van der Waals surface area (Å²) in [5, 5.41) is 2.27. The van der Waals surface area contributed by atoms with E-state index in [0.29, 0.717) is 6.42 Å². The Hall–Kier alpha value is -2.87. The van der Waals surface area contributed by atoms with Gasteiger partial charge in [-0.05, 0) is 29.8 Å². The molecule has 0 fully saturated rings. The molecule has 2 nitrogen and oxygen atoms in total. The molecule has 0 atom stereocenters. The van der Waals surface area contributed by atoms with Crippen molar-refractivity contribution in [1.82, 2.24) is 4.98 Å². The van der Waals surface area contributed by atoms with Crippen molar-refractivity contribution in [3.05, 3.63) is 83.9 Å². The Balaban J connectivity index is 1.75. The number of Topliss-reactive ketones (excluding diaryl/α,β-unsaturated/α-hetero) is 1. The van der Waals surface area contributed by atoms with Crippen molar-refractivity contribution < 1.29 is 4.79 Å². The molecular weight excluding hydrogens is 270 g/mol. The third-order valence-electron chi connectivity index (χ3n) is 4.04. The number of aromatic amines is 1. The van der Waals surface area contributed by atoms with Crippen LogP contribution in [0.25, 0.3) is 21.8 Å². The van der Waals surface area contributed by atoms with Crippen LogP contribution in [0.5, 0.6) is 0 Å². The van der Waals surface area contributed by atoms with E-state index in [-0.39, 0.29) is 5.78 Å². The van der Waals surface area contributed by atoms with Crippen molar-refractivity contribution in [2.24, 2.45) is 0 Å².